The number of carbonyl (C=O) groups excluding carboxylic acids is 1. The van der Waals surface area contributed by atoms with Crippen LogP contribution in [-0.4, -0.2) is 68.6 Å². The number of hydrogen-bond acceptors (Lipinski definition) is 6. The molecule has 1 saturated heterocycles. The van der Waals surface area contributed by atoms with E-state index in [9.17, 15) is 31.5 Å². The van der Waals surface area contributed by atoms with Gasteiger partial charge in [0.15, 0.2) is 0 Å². The smallest absolute Gasteiger partial charge is 0.251 e. The molecule has 2 atom stereocenters. The number of aryl methyl sites for hydroxylation is 1. The quantitative estimate of drug-likeness (QED) is 0.190. The van der Waals surface area contributed by atoms with Crippen molar-refractivity contribution in [1.82, 2.24) is 14.9 Å². The molecule has 1 heterocycles. The number of rotatable bonds is 13. The van der Waals surface area contributed by atoms with Crippen LogP contribution in [0.3, 0.4) is 0 Å². The van der Waals surface area contributed by atoms with E-state index in [1.165, 1.54) is 46.3 Å². The summed E-state index contributed by atoms with van der Waals surface area (Å²) in [5.41, 5.74) is 3.43. The van der Waals surface area contributed by atoms with Gasteiger partial charge in [-0.2, -0.15) is 4.31 Å². The number of aliphatic hydroxyl groups is 1. The summed E-state index contributed by atoms with van der Waals surface area (Å²) in [5.74, 6) is -2.46. The van der Waals surface area contributed by atoms with Crippen LogP contribution in [0.25, 0.3) is 0 Å². The van der Waals surface area contributed by atoms with Crippen LogP contribution in [0.5, 0.6) is 0 Å². The number of carbonyl (C=O) groups is 1. The molecule has 0 spiro atoms. The first kappa shape index (κ1) is 35.1. The van der Waals surface area contributed by atoms with Crippen LogP contribution in [-0.2, 0) is 29.4 Å². The van der Waals surface area contributed by atoms with E-state index in [1.807, 2.05) is 23.1 Å². The molecule has 0 saturated carbocycles. The lowest BCUT2D eigenvalue weighted by molar-refractivity contribution is 0.0829. The summed E-state index contributed by atoms with van der Waals surface area (Å²) < 4.78 is 69.4. The second kappa shape index (κ2) is 15.8. The summed E-state index contributed by atoms with van der Waals surface area (Å²) in [6.45, 7) is 3.96. The zero-order chi connectivity index (χ0) is 34.3. The first-order chi connectivity index (χ1) is 23.0. The lowest BCUT2D eigenvalue weighted by atomic mass is 10.00. The van der Waals surface area contributed by atoms with Gasteiger partial charge in [0.25, 0.3) is 5.91 Å². The summed E-state index contributed by atoms with van der Waals surface area (Å²) in [5, 5.41) is 17.1. The molecule has 0 aliphatic carbocycles. The molecule has 3 N–H and O–H groups in total. The van der Waals surface area contributed by atoms with Gasteiger partial charge in [0.2, 0.25) is 10.0 Å². The normalized spacial score (nSPS) is 15.2. The van der Waals surface area contributed by atoms with Gasteiger partial charge in [-0.25, -0.2) is 21.6 Å². The minimum Gasteiger partial charge on any atom is -0.390 e. The van der Waals surface area contributed by atoms with Gasteiger partial charge >= 0.3 is 0 Å². The second-order valence-electron chi connectivity index (χ2n) is 11.8. The molecule has 254 valence electrons. The van der Waals surface area contributed by atoms with Crippen molar-refractivity contribution in [2.24, 2.45) is 0 Å². The highest BCUT2D eigenvalue weighted by atomic mass is 32.2. The molecule has 1 aliphatic rings. The van der Waals surface area contributed by atoms with Crippen molar-refractivity contribution in [3.8, 4) is 0 Å². The number of amides is 1. The predicted molar refractivity (Wildman–Crippen MR) is 179 cm³/mol. The van der Waals surface area contributed by atoms with E-state index >= 15 is 0 Å². The van der Waals surface area contributed by atoms with E-state index in [4.69, 9.17) is 0 Å². The molecule has 5 rings (SSSR count). The Morgan fingerprint density at radius 1 is 0.812 bits per heavy atom. The Labute approximate surface area is 279 Å². The van der Waals surface area contributed by atoms with Crippen molar-refractivity contribution in [2.45, 2.75) is 43.4 Å². The molecule has 0 radical (unpaired) electrons. The molecule has 4 aromatic rings. The van der Waals surface area contributed by atoms with E-state index in [0.29, 0.717) is 19.6 Å². The van der Waals surface area contributed by atoms with Gasteiger partial charge in [0.1, 0.15) is 17.5 Å². The Bertz CT molecular complexity index is 1780. The average Bonchev–Trinajstić information content (AvgIpc) is 3.08. The van der Waals surface area contributed by atoms with E-state index in [0.717, 1.165) is 35.9 Å². The van der Waals surface area contributed by atoms with Crippen LogP contribution in [0.2, 0.25) is 0 Å². The Kier molecular flexibility index (Phi) is 11.5. The summed E-state index contributed by atoms with van der Waals surface area (Å²) in [7, 11) is -3.84. The molecule has 8 nitrogen and oxygen atoms in total. The Morgan fingerprint density at radius 2 is 1.46 bits per heavy atom. The fourth-order valence-electron chi connectivity index (χ4n) is 5.75. The maximum absolute atomic E-state index is 14.0. The molecule has 1 amide bonds. The van der Waals surface area contributed by atoms with E-state index < -0.39 is 39.7 Å². The molecule has 1 fully saturated rings. The highest BCUT2D eigenvalue weighted by molar-refractivity contribution is 7.89. The number of sulfonamides is 1. The molecule has 2 unspecified atom stereocenters. The van der Waals surface area contributed by atoms with Gasteiger partial charge in [0, 0.05) is 56.6 Å². The molecule has 0 aromatic heterocycles. The lowest BCUT2D eigenvalue weighted by Gasteiger charge is -2.35. The second-order valence-corrected chi connectivity index (χ2v) is 13.8. The van der Waals surface area contributed by atoms with Crippen LogP contribution in [0.4, 0.5) is 18.9 Å². The molecular weight excluding hydrogens is 641 g/mol. The van der Waals surface area contributed by atoms with Crippen LogP contribution < -0.4 is 15.5 Å². The van der Waals surface area contributed by atoms with Crippen molar-refractivity contribution in [3.05, 3.63) is 131 Å². The molecular formula is C36H39F3N4O4S. The van der Waals surface area contributed by atoms with Crippen molar-refractivity contribution in [1.29, 1.82) is 0 Å². The third kappa shape index (κ3) is 9.01. The molecule has 12 heteroatoms. The van der Waals surface area contributed by atoms with Gasteiger partial charge < -0.3 is 20.6 Å². The number of benzene rings is 4. The zero-order valence-corrected chi connectivity index (χ0v) is 27.4. The van der Waals surface area contributed by atoms with Crippen LogP contribution in [0.15, 0.2) is 95.9 Å². The zero-order valence-electron chi connectivity index (χ0n) is 26.6. The minimum atomic E-state index is -3.84. The van der Waals surface area contributed by atoms with Crippen molar-refractivity contribution in [3.63, 3.8) is 0 Å². The highest BCUT2D eigenvalue weighted by Gasteiger charge is 2.29. The lowest BCUT2D eigenvalue weighted by Crippen LogP contribution is -2.49. The number of nitrogens with one attached hydrogen (secondary N) is 2. The van der Waals surface area contributed by atoms with Gasteiger partial charge in [-0.1, -0.05) is 31.2 Å². The Balaban J connectivity index is 1.23. The van der Waals surface area contributed by atoms with Gasteiger partial charge in [0.05, 0.1) is 17.0 Å². The molecule has 0 bridgehead atoms. The van der Waals surface area contributed by atoms with Crippen LogP contribution in [0.1, 0.15) is 34.0 Å². The van der Waals surface area contributed by atoms with Crippen molar-refractivity contribution in [2.75, 3.05) is 37.6 Å². The third-order valence-electron chi connectivity index (χ3n) is 8.43. The maximum atomic E-state index is 14.0. The minimum absolute atomic E-state index is 0.0254. The van der Waals surface area contributed by atoms with Gasteiger partial charge in [-0.15, -0.1) is 0 Å². The first-order valence-corrected chi connectivity index (χ1v) is 17.3. The summed E-state index contributed by atoms with van der Waals surface area (Å²) in [6.07, 6.45) is -0.287. The van der Waals surface area contributed by atoms with Crippen molar-refractivity contribution < 1.29 is 31.5 Å². The number of hydrogen-bond donors (Lipinski definition) is 3. The summed E-state index contributed by atoms with van der Waals surface area (Å²) >= 11 is 0. The van der Waals surface area contributed by atoms with Gasteiger partial charge in [-0.3, -0.25) is 4.79 Å². The molecule has 48 heavy (non-hydrogen) atoms. The standard InChI is InChI=1S/C36H39F3N4O4S/c1-2-25-4-3-5-26(18-25)23-40-24-35(44)34(21-27-19-30(38)22-31(39)20-27)41-36(45)28-6-12-33(13-7-28)48(46,47)43-16-14-42(15-17-43)32-10-8-29(37)9-11-32/h3-13,18-20,22,34-35,40,44H,2,14-17,21,23-24H2,1H3,(H,41,45). The number of anilines is 1. The molecule has 1 aliphatic heterocycles. The van der Waals surface area contributed by atoms with Gasteiger partial charge in [-0.05, 0) is 90.2 Å². The monoisotopic (exact) mass is 680 g/mol. The number of aliphatic hydroxyl groups excluding tert-OH is 1. The third-order valence-corrected chi connectivity index (χ3v) is 10.3. The van der Waals surface area contributed by atoms with Crippen molar-refractivity contribution >= 4 is 21.6 Å². The van der Waals surface area contributed by atoms with E-state index in [2.05, 4.69) is 23.6 Å². The maximum Gasteiger partial charge on any atom is 0.251 e. The first-order valence-electron chi connectivity index (χ1n) is 15.8. The number of halogens is 3. The average molecular weight is 681 g/mol. The predicted octanol–water partition coefficient (Wildman–Crippen LogP) is 4.67. The number of nitrogens with zero attached hydrogens (tertiary/aromatic N) is 2. The fourth-order valence-corrected chi connectivity index (χ4v) is 7.17. The summed E-state index contributed by atoms with van der Waals surface area (Å²) in [6, 6.07) is 21.7. The summed E-state index contributed by atoms with van der Waals surface area (Å²) in [4.78, 5) is 15.3. The highest BCUT2D eigenvalue weighted by Crippen LogP contribution is 2.22. The fraction of sp³-hybridized carbons (Fsp3) is 0.306. The van der Waals surface area contributed by atoms with E-state index in [1.54, 1.807) is 12.1 Å². The largest absolute Gasteiger partial charge is 0.390 e. The SMILES string of the molecule is CCc1cccc(CNCC(O)C(Cc2cc(F)cc(F)c2)NC(=O)c2ccc(S(=O)(=O)N3CCN(c4ccc(F)cc4)CC3)cc2)c1. The van der Waals surface area contributed by atoms with Crippen LogP contribution in [0, 0.1) is 17.5 Å². The van der Waals surface area contributed by atoms with Crippen LogP contribution >= 0.6 is 0 Å². The molecule has 4 aromatic carbocycles. The Morgan fingerprint density at radius 3 is 2.10 bits per heavy atom. The Hall–Kier alpha value is -4.23. The topological polar surface area (TPSA) is 102 Å². The van der Waals surface area contributed by atoms with E-state index in [-0.39, 0.29) is 47.9 Å². The number of piperazine rings is 1.